The second kappa shape index (κ2) is 17.9. The molecule has 5 nitrogen and oxygen atoms in total. The second-order valence-corrected chi connectivity index (χ2v) is 21.7. The monoisotopic (exact) mass is 1040 g/mol. The third-order valence-corrected chi connectivity index (χ3v) is 12.6. The van der Waals surface area contributed by atoms with Crippen molar-refractivity contribution in [1.82, 2.24) is 14.1 Å². The smallest absolute Gasteiger partial charge is 0.267 e. The number of pyridine rings is 1. The zero-order valence-corrected chi connectivity index (χ0v) is 43.4. The van der Waals surface area contributed by atoms with Crippen molar-refractivity contribution in [2.75, 3.05) is 0 Å². The molecule has 6 heteroatoms. The van der Waals surface area contributed by atoms with E-state index in [-0.39, 0.29) is 37.3 Å². The van der Waals surface area contributed by atoms with Gasteiger partial charge in [0, 0.05) is 50.5 Å². The van der Waals surface area contributed by atoms with E-state index in [9.17, 15) is 0 Å². The Balaban J connectivity index is 0.00000630. The third kappa shape index (κ3) is 9.55. The molecule has 0 N–H and O–H groups in total. The van der Waals surface area contributed by atoms with Gasteiger partial charge in [-0.2, -0.15) is 17.7 Å². The van der Waals surface area contributed by atoms with Crippen LogP contribution in [-0.2, 0) is 37.3 Å². The number of benzene rings is 5. The minimum Gasteiger partial charge on any atom is -0.510 e. The zero-order valence-electron chi connectivity index (χ0n) is 41.1. The molecule has 8 aromatic rings. The number of imidazole rings is 1. The summed E-state index contributed by atoms with van der Waals surface area (Å²) in [5.74, 6) is 3.32. The van der Waals surface area contributed by atoms with Crippen LogP contribution in [0.1, 0.15) is 155 Å². The average molecular weight is 1040 g/mol. The predicted molar refractivity (Wildman–Crippen MR) is 266 cm³/mol. The van der Waals surface area contributed by atoms with Crippen LogP contribution in [-0.4, -0.2) is 14.1 Å². The average Bonchev–Trinajstić information content (AvgIpc) is 3.83. The van der Waals surface area contributed by atoms with E-state index >= 15 is 0 Å². The molecular formula is C59H66N4OPt-2. The van der Waals surface area contributed by atoms with Crippen molar-refractivity contribution in [2.45, 2.75) is 138 Å². The molecule has 0 saturated carbocycles. The van der Waals surface area contributed by atoms with Crippen LogP contribution < -0.4 is 9.30 Å². The number of hydrogen-bond donors (Lipinski definition) is 0. The Morgan fingerprint density at radius 3 is 1.92 bits per heavy atom. The predicted octanol–water partition coefficient (Wildman–Crippen LogP) is 15.4. The number of rotatable bonds is 9. The summed E-state index contributed by atoms with van der Waals surface area (Å²) >= 11 is 0. The van der Waals surface area contributed by atoms with E-state index in [0.717, 1.165) is 50.3 Å². The van der Waals surface area contributed by atoms with Gasteiger partial charge in [0.1, 0.15) is 5.82 Å². The number of aromatic nitrogens is 4. The van der Waals surface area contributed by atoms with E-state index in [1.807, 2.05) is 12.3 Å². The first kappa shape index (κ1) is 47.7. The molecule has 65 heavy (non-hydrogen) atoms. The molecular weight excluding hydrogens is 976 g/mol. The Labute approximate surface area is 403 Å². The first-order chi connectivity index (χ1) is 30.1. The molecule has 340 valence electrons. The molecule has 0 atom stereocenters. The summed E-state index contributed by atoms with van der Waals surface area (Å²) in [7, 11) is 0. The Bertz CT molecular complexity index is 2980. The zero-order chi connectivity index (χ0) is 46.0. The Hall–Kier alpha value is -5.25. The fraction of sp³-hybridized carbons (Fsp3) is 0.356. The molecule has 0 radical (unpaired) electrons. The molecule has 0 unspecified atom stereocenters. The van der Waals surface area contributed by atoms with E-state index in [2.05, 4.69) is 233 Å². The van der Waals surface area contributed by atoms with Crippen molar-refractivity contribution in [3.8, 4) is 39.8 Å². The maximum atomic E-state index is 6.81. The van der Waals surface area contributed by atoms with Crippen LogP contribution >= 0.6 is 0 Å². The van der Waals surface area contributed by atoms with E-state index in [0.29, 0.717) is 29.3 Å². The van der Waals surface area contributed by atoms with E-state index < -0.39 is 0 Å². The Morgan fingerprint density at radius 2 is 1.29 bits per heavy atom. The molecule has 0 spiro atoms. The van der Waals surface area contributed by atoms with Gasteiger partial charge in [0.15, 0.2) is 0 Å². The van der Waals surface area contributed by atoms with Gasteiger partial charge < -0.3 is 13.9 Å². The molecule has 8 rings (SSSR count). The van der Waals surface area contributed by atoms with Crippen molar-refractivity contribution in [1.29, 1.82) is 0 Å². The number of nitrogens with zero attached hydrogens (tertiary/aromatic N) is 4. The van der Waals surface area contributed by atoms with Gasteiger partial charge in [0.25, 0.3) is 6.33 Å². The quantitative estimate of drug-likeness (QED) is 0.107. The maximum Gasteiger partial charge on any atom is 0.267 e. The van der Waals surface area contributed by atoms with Crippen LogP contribution in [0.3, 0.4) is 0 Å². The van der Waals surface area contributed by atoms with Gasteiger partial charge >= 0.3 is 0 Å². The minimum atomic E-state index is -0.187. The normalized spacial score (nSPS) is 12.5. The minimum absolute atomic E-state index is 0. The molecule has 5 aromatic carbocycles. The summed E-state index contributed by atoms with van der Waals surface area (Å²) in [5.41, 5.74) is 13.8. The molecule has 0 amide bonds. The van der Waals surface area contributed by atoms with E-state index in [1.54, 1.807) is 0 Å². The van der Waals surface area contributed by atoms with Crippen molar-refractivity contribution in [3.63, 3.8) is 0 Å². The second-order valence-electron chi connectivity index (χ2n) is 21.7. The molecule has 3 aromatic heterocycles. The Kier molecular flexibility index (Phi) is 13.1. The summed E-state index contributed by atoms with van der Waals surface area (Å²) in [6.07, 6.45) is 7.89. The largest absolute Gasteiger partial charge is 0.510 e. The van der Waals surface area contributed by atoms with Gasteiger partial charge in [0.2, 0.25) is 0 Å². The molecule has 0 saturated heterocycles. The summed E-state index contributed by atoms with van der Waals surface area (Å²) in [4.78, 5) is 4.88. The first-order valence-corrected chi connectivity index (χ1v) is 23.1. The summed E-state index contributed by atoms with van der Waals surface area (Å²) < 4.78 is 13.3. The summed E-state index contributed by atoms with van der Waals surface area (Å²) in [5, 5.41) is 2.24. The van der Waals surface area contributed by atoms with Crippen molar-refractivity contribution in [2.24, 2.45) is 0 Å². The number of hydrogen-bond acceptors (Lipinski definition) is 2. The number of fused-ring (bicyclic) bond motifs is 3. The molecule has 0 aliphatic carbocycles. The van der Waals surface area contributed by atoms with Crippen LogP contribution in [0.2, 0.25) is 0 Å². The van der Waals surface area contributed by atoms with Crippen LogP contribution in [0.5, 0.6) is 11.5 Å². The Morgan fingerprint density at radius 1 is 0.615 bits per heavy atom. The molecule has 0 fully saturated rings. The van der Waals surface area contributed by atoms with Gasteiger partial charge in [-0.1, -0.05) is 152 Å². The van der Waals surface area contributed by atoms with E-state index in [4.69, 9.17) is 9.72 Å². The molecule has 0 bridgehead atoms. The third-order valence-electron chi connectivity index (χ3n) is 12.6. The van der Waals surface area contributed by atoms with Crippen LogP contribution in [0, 0.1) is 18.5 Å². The van der Waals surface area contributed by atoms with Crippen LogP contribution in [0.25, 0.3) is 50.1 Å². The van der Waals surface area contributed by atoms with Crippen molar-refractivity contribution >= 4 is 21.8 Å². The SMILES string of the molecule is CC(C)c1cc(C(C)C)c(-c2cccc(-[n+]3[c-]n(-c4[c-]c(Oc5[c-]c6c(cc5)c5ccccc5n6-c5cc(C(C)(C)C)ccn5)cc(C(C)(C)C)c4)cc3C(C)(C)C)c2)c(C(C)C)c1.[Pt]. The standard InChI is InChI=1S/C59H66N4O.Pt/c1-37(2)41-28-50(38(3)4)56(51(29-41)39(5)6)40-19-18-20-44(27-40)62-36-61(35-54(62)59(13,14)15)45-30-43(58(10,11)12)31-47(33-45)64-46-23-24-49-48-21-16-17-22-52(48)63(53(49)34-46)55-32-42(25-26-60-55)57(7,8)9;/h16-32,35,37-39H,1-15H3;/q-2;. The van der Waals surface area contributed by atoms with Crippen molar-refractivity contribution in [3.05, 3.63) is 161 Å². The number of ether oxygens (including phenoxy) is 1. The molecule has 3 heterocycles. The van der Waals surface area contributed by atoms with Gasteiger partial charge in [-0.3, -0.25) is 4.57 Å². The van der Waals surface area contributed by atoms with E-state index in [1.165, 1.54) is 33.4 Å². The fourth-order valence-corrected chi connectivity index (χ4v) is 8.75. The van der Waals surface area contributed by atoms with Crippen LogP contribution in [0.15, 0.2) is 109 Å². The topological polar surface area (TPSA) is 35.9 Å². The maximum absolute atomic E-state index is 6.81. The molecule has 0 aliphatic rings. The first-order valence-electron chi connectivity index (χ1n) is 23.1. The van der Waals surface area contributed by atoms with Gasteiger partial charge in [0.05, 0.1) is 11.4 Å². The van der Waals surface area contributed by atoms with Gasteiger partial charge in [-0.15, -0.1) is 29.7 Å². The number of para-hydroxylation sites is 1. The molecule has 0 aliphatic heterocycles. The van der Waals surface area contributed by atoms with Gasteiger partial charge in [-0.05, 0) is 109 Å². The summed E-state index contributed by atoms with van der Waals surface area (Å²) in [6.45, 7) is 34.1. The van der Waals surface area contributed by atoms with Gasteiger partial charge in [-0.25, -0.2) is 4.98 Å². The summed E-state index contributed by atoms with van der Waals surface area (Å²) in [6, 6.07) is 42.5. The van der Waals surface area contributed by atoms with Crippen molar-refractivity contribution < 1.29 is 30.4 Å². The fourth-order valence-electron chi connectivity index (χ4n) is 8.75. The van der Waals surface area contributed by atoms with Crippen LogP contribution in [0.4, 0.5) is 0 Å².